The molecule has 0 unspecified atom stereocenters. The molecule has 4 heteroatoms. The van der Waals surface area contributed by atoms with Crippen LogP contribution in [0.15, 0.2) is 0 Å². The fourth-order valence-corrected chi connectivity index (χ4v) is 0. The van der Waals surface area contributed by atoms with E-state index in [1.54, 1.807) is 0 Å². The molecule has 0 bridgehead atoms. The van der Waals surface area contributed by atoms with E-state index in [0.29, 0.717) is 22.3 Å². The van der Waals surface area contributed by atoms with Gasteiger partial charge in [-0.3, -0.25) is 0 Å². The number of hydrogen-bond acceptors (Lipinski definition) is 1. The van der Waals surface area contributed by atoms with Gasteiger partial charge >= 0.3 is 25.4 Å². The van der Waals surface area contributed by atoms with E-state index < -0.39 is 0 Å². The van der Waals surface area contributed by atoms with Crippen LogP contribution in [0.3, 0.4) is 0 Å². The number of rotatable bonds is 0. The fraction of sp³-hybridized carbons (Fsp3) is 0. The topological polar surface area (TPSA) is 17.1 Å². The molecule has 0 aliphatic heterocycles. The molecule has 1 radical (unpaired) electrons. The maximum Gasteiger partial charge on any atom is 0 e. The van der Waals surface area contributed by atoms with Gasteiger partial charge in [0.25, 0.3) is 0 Å². The average molecular weight is 321 g/mol. The molecule has 0 aromatic carbocycles. The van der Waals surface area contributed by atoms with Gasteiger partial charge in [0.1, 0.15) is 0 Å². The van der Waals surface area contributed by atoms with Crippen LogP contribution in [0.5, 0.6) is 0 Å². The normalized spacial score (nSPS) is 1.00. The third-order valence-electron chi connectivity index (χ3n) is 0. The predicted octanol–water partition coefficient (Wildman–Crippen LogP) is -0.505. The third kappa shape index (κ3) is 8.92. The summed E-state index contributed by atoms with van der Waals surface area (Å²) in [4.78, 5) is 0. The van der Waals surface area contributed by atoms with Crippen molar-refractivity contribution in [1.29, 1.82) is 0 Å². The molecule has 0 aliphatic rings. The Hall–Kier alpha value is 2.14. The Bertz CT molecular complexity index is 8.00. The van der Waals surface area contributed by atoms with Crippen LogP contribution in [0.1, 0.15) is 0 Å². The number of hydrogen-bond donors (Lipinski definition) is 0. The molecule has 0 spiro atoms. The minimum atomic E-state index is 0. The molecule has 0 aromatic heterocycles. The zero-order valence-electron chi connectivity index (χ0n) is 2.23. The van der Waals surface area contributed by atoms with E-state index in [4.69, 9.17) is 3.10 Å². The Morgan fingerprint density at radius 2 is 1.25 bits per heavy atom. The monoisotopic (exact) mass is 324 g/mol. The summed E-state index contributed by atoms with van der Waals surface area (Å²) < 4.78 is 8.26. The molecule has 0 aliphatic carbocycles. The first kappa shape index (κ1) is 16.5. The summed E-state index contributed by atoms with van der Waals surface area (Å²) in [5.74, 6) is 0. The molecule has 0 atom stereocenters. The van der Waals surface area contributed by atoms with E-state index in [9.17, 15) is 0 Å². The zero-order valence-corrected chi connectivity index (χ0v) is 11.6. The van der Waals surface area contributed by atoms with Crippen LogP contribution in [-0.2, 0) is 49.9 Å². The standard InChI is InChI=1S/Cd.OTe.Zn/c;1-2;/q;+1;. The van der Waals surface area contributed by atoms with Crippen molar-refractivity contribution in [1.82, 2.24) is 0 Å². The summed E-state index contributed by atoms with van der Waals surface area (Å²) in [6.07, 6.45) is 0. The molecule has 0 saturated carbocycles. The quantitative estimate of drug-likeness (QED) is 0.550. The van der Waals surface area contributed by atoms with Crippen molar-refractivity contribution in [2.75, 3.05) is 0 Å². The van der Waals surface area contributed by atoms with E-state index in [1.807, 2.05) is 0 Å². The van der Waals surface area contributed by atoms with Crippen LogP contribution in [0, 0.1) is 0 Å². The molecule has 0 rings (SSSR count). The van der Waals surface area contributed by atoms with Crippen molar-refractivity contribution in [3.63, 3.8) is 0 Å². The van der Waals surface area contributed by atoms with E-state index in [2.05, 4.69) is 0 Å². The van der Waals surface area contributed by atoms with Gasteiger partial charge in [-0.05, 0) is 0 Å². The first-order chi connectivity index (χ1) is 1.00. The van der Waals surface area contributed by atoms with E-state index in [-0.39, 0.29) is 46.8 Å². The van der Waals surface area contributed by atoms with Crippen molar-refractivity contribution in [3.8, 4) is 0 Å². The van der Waals surface area contributed by atoms with E-state index in [1.165, 1.54) is 0 Å². The van der Waals surface area contributed by atoms with Crippen LogP contribution < -0.4 is 0 Å². The van der Waals surface area contributed by atoms with Gasteiger partial charge in [0.2, 0.25) is 0 Å². The molecule has 0 N–H and O–H groups in total. The molecule has 1 nitrogen and oxygen atoms in total. The summed E-state index contributed by atoms with van der Waals surface area (Å²) >= 11 is 0.700. The SMILES string of the molecule is O=[Te+].[Cd].[Zn]. The Kier molecular flexibility index (Phi) is 79.3. The van der Waals surface area contributed by atoms with Crippen molar-refractivity contribution >= 4 is 22.3 Å². The zero-order chi connectivity index (χ0) is 2.00. The largest absolute Gasteiger partial charge is 0 e. The second-order valence-corrected chi connectivity index (χ2v) is 0. The van der Waals surface area contributed by atoms with Crippen LogP contribution in [0.2, 0.25) is 0 Å². The van der Waals surface area contributed by atoms with Gasteiger partial charge in [-0.2, -0.15) is 0 Å². The second kappa shape index (κ2) is 19.3. The van der Waals surface area contributed by atoms with Gasteiger partial charge in [-0.1, -0.05) is 0 Å². The molecule has 0 heterocycles. The molecule has 4 heavy (non-hydrogen) atoms. The van der Waals surface area contributed by atoms with Gasteiger partial charge in [-0.25, -0.2) is 0 Å². The summed E-state index contributed by atoms with van der Waals surface area (Å²) in [7, 11) is 0. The first-order valence-electron chi connectivity index (χ1n) is 0.167. The Morgan fingerprint density at radius 3 is 1.25 bits per heavy atom. The minimum Gasteiger partial charge on any atom is 0 e. The Labute approximate surface area is 71.1 Å². The smallest absolute Gasteiger partial charge is 0 e. The predicted molar refractivity (Wildman–Crippen MR) is 6.44 cm³/mol. The van der Waals surface area contributed by atoms with Crippen LogP contribution in [-0.4, -0.2) is 22.3 Å². The summed E-state index contributed by atoms with van der Waals surface area (Å²) in [5, 5.41) is 0. The molecule has 0 aromatic rings. The average Bonchev–Trinajstić information content (AvgIpc) is 1.00. The first-order valence-corrected chi connectivity index (χ1v) is 1.12. The van der Waals surface area contributed by atoms with E-state index in [0.717, 1.165) is 0 Å². The minimum absolute atomic E-state index is 0. The molecule has 0 saturated heterocycles. The molecule has 15 valence electrons. The van der Waals surface area contributed by atoms with Crippen molar-refractivity contribution in [3.05, 3.63) is 0 Å². The van der Waals surface area contributed by atoms with Gasteiger partial charge < -0.3 is 0 Å². The summed E-state index contributed by atoms with van der Waals surface area (Å²) in [6.45, 7) is 0. The molecular weight excluding hydrogens is 321 g/mol. The Balaban J connectivity index is -0.00000000500. The van der Waals surface area contributed by atoms with Crippen molar-refractivity contribution < 1.29 is 49.9 Å². The van der Waals surface area contributed by atoms with Gasteiger partial charge in [0.15, 0.2) is 0 Å². The molecule has 0 amide bonds. The van der Waals surface area contributed by atoms with Crippen LogP contribution in [0.4, 0.5) is 0 Å². The molecule has 0 fully saturated rings. The maximum absolute atomic E-state index is 8.26. The van der Waals surface area contributed by atoms with Gasteiger partial charge in [0, 0.05) is 46.8 Å². The van der Waals surface area contributed by atoms with Gasteiger partial charge in [-0.15, -0.1) is 0 Å². The van der Waals surface area contributed by atoms with E-state index >= 15 is 0 Å². The van der Waals surface area contributed by atoms with Crippen molar-refractivity contribution in [2.45, 2.75) is 0 Å². The fourth-order valence-electron chi connectivity index (χ4n) is 0. The summed E-state index contributed by atoms with van der Waals surface area (Å²) in [6, 6.07) is 0. The van der Waals surface area contributed by atoms with Crippen LogP contribution >= 0.6 is 0 Å². The van der Waals surface area contributed by atoms with Crippen LogP contribution in [0.25, 0.3) is 0 Å². The summed E-state index contributed by atoms with van der Waals surface area (Å²) in [5.41, 5.74) is 0. The Morgan fingerprint density at radius 1 is 1.25 bits per heavy atom. The maximum atomic E-state index is 8.26. The van der Waals surface area contributed by atoms with Crippen molar-refractivity contribution in [2.24, 2.45) is 0 Å². The second-order valence-electron chi connectivity index (χ2n) is 0. The van der Waals surface area contributed by atoms with Gasteiger partial charge in [0.05, 0.1) is 0 Å². The molecular formula is CdOTeZn+. The third-order valence-corrected chi connectivity index (χ3v) is 0.